The number of hydrogen-bond donors (Lipinski definition) is 4. The molecule has 0 heterocycles. The average molecular weight is 676 g/mol. The quantitative estimate of drug-likeness (QED) is 0.0826. The van der Waals surface area contributed by atoms with Gasteiger partial charge >= 0.3 is 5.97 Å². The van der Waals surface area contributed by atoms with E-state index in [0.29, 0.717) is 11.3 Å². The van der Waals surface area contributed by atoms with Gasteiger partial charge in [-0.1, -0.05) is 90.0 Å². The van der Waals surface area contributed by atoms with Crippen LogP contribution >= 0.6 is 23.4 Å². The van der Waals surface area contributed by atoms with Gasteiger partial charge in [0.25, 0.3) is 11.8 Å². The zero-order valence-corrected chi connectivity index (χ0v) is 27.2. The summed E-state index contributed by atoms with van der Waals surface area (Å²) in [5, 5.41) is 17.2. The highest BCUT2D eigenvalue weighted by Gasteiger charge is 2.24. The molecule has 5 aromatic carbocycles. The number of thioether (sulfide) groups is 1. The van der Waals surface area contributed by atoms with Crippen LogP contribution in [0.2, 0.25) is 5.02 Å². The molecule has 3 amide bonds. The number of carbonyl (C=O) groups is 4. The molecule has 240 valence electrons. The van der Waals surface area contributed by atoms with Gasteiger partial charge in [0.15, 0.2) is 0 Å². The molecule has 0 saturated carbocycles. The lowest BCUT2D eigenvalue weighted by Crippen LogP contribution is -2.30. The molecule has 0 radical (unpaired) electrons. The average Bonchev–Trinajstić information content (AvgIpc) is 3.10. The Labute approximate surface area is 286 Å². The molecular formula is C38H30ClN3O5S. The van der Waals surface area contributed by atoms with Crippen molar-refractivity contribution in [3.63, 3.8) is 0 Å². The van der Waals surface area contributed by atoms with E-state index in [-0.39, 0.29) is 22.0 Å². The third-order valence-corrected chi connectivity index (χ3v) is 8.69. The Morgan fingerprint density at radius 3 is 2.04 bits per heavy atom. The van der Waals surface area contributed by atoms with Gasteiger partial charge in [0.2, 0.25) is 5.91 Å². The fraction of sp³-hybridized carbons (Fsp3) is 0.0526. The molecule has 0 bridgehead atoms. The minimum atomic E-state index is -1.14. The van der Waals surface area contributed by atoms with E-state index in [4.69, 9.17) is 11.6 Å². The van der Waals surface area contributed by atoms with Crippen molar-refractivity contribution in [1.29, 1.82) is 0 Å². The number of nitrogens with one attached hydrogen (secondary N) is 3. The maximum absolute atomic E-state index is 13.6. The van der Waals surface area contributed by atoms with Gasteiger partial charge in [0.05, 0.1) is 16.3 Å². The summed E-state index contributed by atoms with van der Waals surface area (Å²) < 4.78 is 0. The highest BCUT2D eigenvalue weighted by molar-refractivity contribution is 8.00. The van der Waals surface area contributed by atoms with E-state index in [0.717, 1.165) is 21.6 Å². The minimum Gasteiger partial charge on any atom is -0.478 e. The van der Waals surface area contributed by atoms with E-state index >= 15 is 0 Å². The van der Waals surface area contributed by atoms with Crippen LogP contribution in [-0.4, -0.2) is 28.8 Å². The molecule has 0 aliphatic heterocycles. The summed E-state index contributed by atoms with van der Waals surface area (Å²) >= 11 is 7.55. The lowest BCUT2D eigenvalue weighted by Gasteiger charge is -2.18. The Morgan fingerprint density at radius 1 is 0.750 bits per heavy atom. The Kier molecular flexibility index (Phi) is 11.1. The normalized spacial score (nSPS) is 11.7. The number of halogens is 1. The lowest BCUT2D eigenvalue weighted by molar-refractivity contribution is -0.116. The smallest absolute Gasteiger partial charge is 0.335 e. The lowest BCUT2D eigenvalue weighted by atomic mass is 10.1. The van der Waals surface area contributed by atoms with Crippen LogP contribution in [0.4, 0.5) is 11.4 Å². The van der Waals surface area contributed by atoms with Crippen molar-refractivity contribution in [2.75, 3.05) is 10.6 Å². The number of aromatic carboxylic acids is 1. The van der Waals surface area contributed by atoms with Crippen molar-refractivity contribution in [3.05, 3.63) is 166 Å². The van der Waals surface area contributed by atoms with Gasteiger partial charge in [-0.15, -0.1) is 11.8 Å². The second kappa shape index (κ2) is 15.8. The second-order valence-corrected chi connectivity index (χ2v) is 12.3. The van der Waals surface area contributed by atoms with Crippen molar-refractivity contribution < 1.29 is 24.3 Å². The summed E-state index contributed by atoms with van der Waals surface area (Å²) in [5.41, 5.74) is 3.67. The van der Waals surface area contributed by atoms with E-state index in [2.05, 4.69) is 16.0 Å². The van der Waals surface area contributed by atoms with Crippen LogP contribution < -0.4 is 16.0 Å². The van der Waals surface area contributed by atoms with Gasteiger partial charge in [-0.2, -0.15) is 0 Å². The summed E-state index contributed by atoms with van der Waals surface area (Å²) in [6.45, 7) is 1.96. The van der Waals surface area contributed by atoms with Crippen molar-refractivity contribution in [2.45, 2.75) is 17.1 Å². The van der Waals surface area contributed by atoms with Crippen LogP contribution in [0, 0.1) is 6.92 Å². The highest BCUT2D eigenvalue weighted by Crippen LogP contribution is 2.37. The number of anilines is 2. The largest absolute Gasteiger partial charge is 0.478 e. The predicted octanol–water partition coefficient (Wildman–Crippen LogP) is 8.23. The van der Waals surface area contributed by atoms with Crippen molar-refractivity contribution in [1.82, 2.24) is 5.32 Å². The number of aryl methyl sites for hydroxylation is 1. The third kappa shape index (κ3) is 9.00. The molecule has 0 aromatic heterocycles. The van der Waals surface area contributed by atoms with Crippen molar-refractivity contribution in [3.8, 4) is 0 Å². The van der Waals surface area contributed by atoms with Gasteiger partial charge in [0.1, 0.15) is 10.9 Å². The van der Waals surface area contributed by atoms with E-state index in [1.807, 2.05) is 61.5 Å². The molecular weight excluding hydrogens is 646 g/mol. The van der Waals surface area contributed by atoms with E-state index in [1.165, 1.54) is 30.0 Å². The summed E-state index contributed by atoms with van der Waals surface area (Å²) in [7, 11) is 0. The minimum absolute atomic E-state index is 0.00671. The number of carbonyl (C=O) groups excluding carboxylic acids is 3. The first kappa shape index (κ1) is 33.7. The van der Waals surface area contributed by atoms with Gasteiger partial charge in [-0.05, 0) is 78.7 Å². The van der Waals surface area contributed by atoms with Crippen LogP contribution in [-0.2, 0) is 9.59 Å². The molecule has 5 aromatic rings. The summed E-state index contributed by atoms with van der Waals surface area (Å²) in [6.07, 6.45) is 1.61. The number of carboxylic acid groups (broad SMARTS) is 1. The first-order chi connectivity index (χ1) is 23.2. The molecule has 48 heavy (non-hydrogen) atoms. The number of hydrogen-bond acceptors (Lipinski definition) is 5. The molecule has 0 aliphatic rings. The van der Waals surface area contributed by atoms with Crippen LogP contribution in [0.5, 0.6) is 0 Å². The highest BCUT2D eigenvalue weighted by atomic mass is 35.5. The molecule has 10 heteroatoms. The summed E-state index contributed by atoms with van der Waals surface area (Å²) in [4.78, 5) is 52.2. The van der Waals surface area contributed by atoms with Crippen LogP contribution in [0.25, 0.3) is 6.08 Å². The van der Waals surface area contributed by atoms with Gasteiger partial charge in [-0.25, -0.2) is 4.79 Å². The third-order valence-electron chi connectivity index (χ3n) is 7.09. The monoisotopic (exact) mass is 675 g/mol. The van der Waals surface area contributed by atoms with Gasteiger partial charge < -0.3 is 21.1 Å². The Morgan fingerprint density at radius 2 is 1.40 bits per heavy atom. The number of amides is 3. The van der Waals surface area contributed by atoms with Gasteiger partial charge in [-0.3, -0.25) is 14.4 Å². The Bertz CT molecular complexity index is 1970. The zero-order chi connectivity index (χ0) is 34.0. The SMILES string of the molecule is Cc1ccc(/C=C(\NC(=O)c2ccccc2)C(=O)Nc2ccc(SC(C(=O)Nc3cc(C(=O)O)ccc3Cl)c3ccccc3)cc2)cc1. The Hall–Kier alpha value is -5.64. The zero-order valence-electron chi connectivity index (χ0n) is 25.6. The van der Waals surface area contributed by atoms with E-state index < -0.39 is 28.9 Å². The number of carboxylic acids is 1. The molecule has 1 unspecified atom stereocenters. The van der Waals surface area contributed by atoms with Crippen molar-refractivity contribution in [2.24, 2.45) is 0 Å². The molecule has 0 saturated heterocycles. The first-order valence-corrected chi connectivity index (χ1v) is 16.0. The standard InChI is InChI=1S/C38H30ClN3O5S/c1-24-12-14-25(15-13-24)22-33(42-35(43)27-10-6-3-7-11-27)36(44)40-29-17-19-30(20-18-29)48-34(26-8-4-2-5-9-26)37(45)41-32-23-28(38(46)47)16-21-31(32)39/h2-23,34H,1H3,(H,40,44)(H,41,45)(H,42,43)(H,46,47)/b33-22-. The maximum atomic E-state index is 13.6. The predicted molar refractivity (Wildman–Crippen MR) is 190 cm³/mol. The second-order valence-electron chi connectivity index (χ2n) is 10.7. The topological polar surface area (TPSA) is 125 Å². The van der Waals surface area contributed by atoms with Crippen LogP contribution in [0.15, 0.2) is 138 Å². The molecule has 5 rings (SSSR count). The van der Waals surface area contributed by atoms with Crippen LogP contribution in [0.3, 0.4) is 0 Å². The molecule has 8 nitrogen and oxygen atoms in total. The molecule has 0 spiro atoms. The molecule has 1 atom stereocenters. The molecule has 0 aliphatic carbocycles. The summed E-state index contributed by atoms with van der Waals surface area (Å²) in [6, 6.07) is 36.4. The fourth-order valence-corrected chi connectivity index (χ4v) is 5.77. The maximum Gasteiger partial charge on any atom is 0.335 e. The number of rotatable bonds is 11. The van der Waals surface area contributed by atoms with Crippen molar-refractivity contribution >= 4 is 64.5 Å². The van der Waals surface area contributed by atoms with E-state index in [9.17, 15) is 24.3 Å². The molecule has 0 fully saturated rings. The van der Waals surface area contributed by atoms with E-state index in [1.54, 1.807) is 60.7 Å². The molecule has 4 N–H and O–H groups in total. The first-order valence-electron chi connectivity index (χ1n) is 14.8. The Balaban J connectivity index is 1.34. The van der Waals surface area contributed by atoms with Crippen LogP contribution in [0.1, 0.15) is 42.7 Å². The van der Waals surface area contributed by atoms with Gasteiger partial charge in [0, 0.05) is 16.1 Å². The number of benzene rings is 5. The summed E-state index contributed by atoms with van der Waals surface area (Å²) in [5.74, 6) is -2.47. The fourth-order valence-electron chi connectivity index (χ4n) is 4.58.